The summed E-state index contributed by atoms with van der Waals surface area (Å²) in [7, 11) is 5.84. The van der Waals surface area contributed by atoms with Crippen LogP contribution in [0.15, 0.2) is 35.7 Å². The molecule has 0 fully saturated rings. The lowest BCUT2D eigenvalue weighted by atomic mass is 10.2. The van der Waals surface area contributed by atoms with Gasteiger partial charge in [0.1, 0.15) is 5.75 Å². The minimum atomic E-state index is 0.388. The number of benzene rings is 1. The van der Waals surface area contributed by atoms with Crippen LogP contribution in [0, 0.1) is 0 Å². The number of methoxy groups -OCH3 is 1. The second kappa shape index (κ2) is 7.80. The smallest absolute Gasteiger partial charge is 0.137 e. The van der Waals surface area contributed by atoms with Crippen LogP contribution in [-0.2, 0) is 6.54 Å². The Balaban J connectivity index is 1.92. The number of thiophene rings is 1. The molecule has 0 aliphatic carbocycles. The molecule has 1 heterocycles. The van der Waals surface area contributed by atoms with Gasteiger partial charge in [0.15, 0.2) is 0 Å². The largest absolute Gasteiger partial charge is 0.495 e. The Kier molecular flexibility index (Phi) is 6.06. The number of likely N-dealkylation sites (N-methyl/N-ethyl adjacent to an activating group) is 1. The summed E-state index contributed by atoms with van der Waals surface area (Å²) in [5.74, 6) is 0.713. The van der Waals surface area contributed by atoms with E-state index in [1.165, 1.54) is 4.88 Å². The van der Waals surface area contributed by atoms with Gasteiger partial charge in [-0.1, -0.05) is 23.7 Å². The summed E-state index contributed by atoms with van der Waals surface area (Å²) in [5, 5.41) is 6.27. The quantitative estimate of drug-likeness (QED) is 0.838. The lowest BCUT2D eigenvalue weighted by molar-refractivity contribution is 0.292. The van der Waals surface area contributed by atoms with Crippen molar-refractivity contribution in [2.24, 2.45) is 0 Å². The first-order chi connectivity index (χ1) is 10.1. The van der Waals surface area contributed by atoms with E-state index in [0.29, 0.717) is 16.8 Å². The maximum absolute atomic E-state index is 6.14. The second-order valence-corrected chi connectivity index (χ2v) is 6.48. The van der Waals surface area contributed by atoms with E-state index in [9.17, 15) is 0 Å². The molecule has 5 heteroatoms. The van der Waals surface area contributed by atoms with Crippen LogP contribution in [0.2, 0.25) is 5.02 Å². The number of nitrogens with zero attached hydrogens (tertiary/aromatic N) is 1. The van der Waals surface area contributed by atoms with Crippen molar-refractivity contribution in [2.75, 3.05) is 27.7 Å². The molecule has 1 atom stereocenters. The highest BCUT2D eigenvalue weighted by atomic mass is 35.5. The summed E-state index contributed by atoms with van der Waals surface area (Å²) in [4.78, 5) is 3.61. The Bertz CT molecular complexity index is 557. The molecular weight excluding hydrogens is 304 g/mol. The Morgan fingerprint density at radius 2 is 2.14 bits per heavy atom. The summed E-state index contributed by atoms with van der Waals surface area (Å²) >= 11 is 7.94. The first-order valence-electron chi connectivity index (χ1n) is 6.84. The fourth-order valence-corrected chi connectivity index (χ4v) is 3.39. The molecule has 0 bridgehead atoms. The topological polar surface area (TPSA) is 24.5 Å². The van der Waals surface area contributed by atoms with Crippen LogP contribution in [0.1, 0.15) is 16.5 Å². The zero-order chi connectivity index (χ0) is 15.2. The van der Waals surface area contributed by atoms with E-state index >= 15 is 0 Å². The van der Waals surface area contributed by atoms with Gasteiger partial charge in [0.25, 0.3) is 0 Å². The van der Waals surface area contributed by atoms with Gasteiger partial charge < -0.3 is 15.0 Å². The van der Waals surface area contributed by atoms with Crippen LogP contribution < -0.4 is 10.1 Å². The third-order valence-corrected chi connectivity index (χ3v) is 4.65. The van der Waals surface area contributed by atoms with Crippen LogP contribution in [0.3, 0.4) is 0 Å². The molecular formula is C16H21ClN2OS. The van der Waals surface area contributed by atoms with Crippen LogP contribution in [0.25, 0.3) is 0 Å². The lowest BCUT2D eigenvalue weighted by Crippen LogP contribution is -2.30. The van der Waals surface area contributed by atoms with Crippen LogP contribution in [0.4, 0.5) is 0 Å². The molecule has 114 valence electrons. The molecule has 1 N–H and O–H groups in total. The molecule has 0 amide bonds. The molecule has 0 aliphatic heterocycles. The highest BCUT2D eigenvalue weighted by molar-refractivity contribution is 7.10. The van der Waals surface area contributed by atoms with Crippen molar-refractivity contribution in [3.63, 3.8) is 0 Å². The predicted octanol–water partition coefficient (Wildman–Crippen LogP) is 3.80. The van der Waals surface area contributed by atoms with Gasteiger partial charge in [-0.2, -0.15) is 0 Å². The van der Waals surface area contributed by atoms with Crippen molar-refractivity contribution in [3.05, 3.63) is 51.2 Å². The molecule has 1 aromatic carbocycles. The number of nitrogens with one attached hydrogen (secondary N) is 1. The third kappa shape index (κ3) is 4.45. The molecule has 0 spiro atoms. The van der Waals surface area contributed by atoms with Gasteiger partial charge >= 0.3 is 0 Å². The lowest BCUT2D eigenvalue weighted by Gasteiger charge is -2.23. The van der Waals surface area contributed by atoms with E-state index in [2.05, 4.69) is 41.8 Å². The monoisotopic (exact) mass is 324 g/mol. The Morgan fingerprint density at radius 3 is 2.71 bits per heavy atom. The highest BCUT2D eigenvalue weighted by Gasteiger charge is 2.14. The van der Waals surface area contributed by atoms with Crippen molar-refractivity contribution in [1.82, 2.24) is 10.2 Å². The molecule has 2 aromatic rings. The molecule has 1 unspecified atom stereocenters. The maximum Gasteiger partial charge on any atom is 0.137 e. The molecule has 0 saturated carbocycles. The first-order valence-corrected chi connectivity index (χ1v) is 8.10. The SMILES string of the molecule is COc1ccc(CNCC(c2cccs2)N(C)C)cc1Cl. The Labute approximate surface area is 135 Å². The van der Waals surface area contributed by atoms with Crippen molar-refractivity contribution in [1.29, 1.82) is 0 Å². The van der Waals surface area contributed by atoms with E-state index in [1.807, 2.05) is 18.2 Å². The first kappa shape index (κ1) is 16.3. The predicted molar refractivity (Wildman–Crippen MR) is 90.5 cm³/mol. The minimum Gasteiger partial charge on any atom is -0.495 e. The van der Waals surface area contributed by atoms with E-state index in [0.717, 1.165) is 18.7 Å². The molecule has 0 saturated heterocycles. The minimum absolute atomic E-state index is 0.388. The van der Waals surface area contributed by atoms with Crippen LogP contribution in [-0.4, -0.2) is 32.6 Å². The zero-order valence-electron chi connectivity index (χ0n) is 12.6. The van der Waals surface area contributed by atoms with E-state index < -0.39 is 0 Å². The Hall–Kier alpha value is -1.07. The number of ether oxygens (including phenoxy) is 1. The van der Waals surface area contributed by atoms with Gasteiger partial charge in [-0.3, -0.25) is 0 Å². The van der Waals surface area contributed by atoms with Gasteiger partial charge in [0.05, 0.1) is 18.2 Å². The van der Waals surface area contributed by atoms with Crippen LogP contribution >= 0.6 is 22.9 Å². The molecule has 0 radical (unpaired) electrons. The van der Waals surface area contributed by atoms with Crippen molar-refractivity contribution in [3.8, 4) is 5.75 Å². The third-order valence-electron chi connectivity index (χ3n) is 3.38. The van der Waals surface area contributed by atoms with Gasteiger partial charge in [0, 0.05) is 18.0 Å². The van der Waals surface area contributed by atoms with Gasteiger partial charge in [-0.15, -0.1) is 11.3 Å². The summed E-state index contributed by atoms with van der Waals surface area (Å²) in [6.45, 7) is 1.69. The Morgan fingerprint density at radius 1 is 1.33 bits per heavy atom. The number of hydrogen-bond acceptors (Lipinski definition) is 4. The highest BCUT2D eigenvalue weighted by Crippen LogP contribution is 2.25. The van der Waals surface area contributed by atoms with E-state index in [4.69, 9.17) is 16.3 Å². The summed E-state index contributed by atoms with van der Waals surface area (Å²) in [6.07, 6.45) is 0. The van der Waals surface area contributed by atoms with Crippen LogP contribution in [0.5, 0.6) is 5.75 Å². The average molecular weight is 325 g/mol. The molecule has 1 aromatic heterocycles. The number of halogens is 1. The zero-order valence-corrected chi connectivity index (χ0v) is 14.2. The molecule has 21 heavy (non-hydrogen) atoms. The average Bonchev–Trinajstić information content (AvgIpc) is 2.97. The number of hydrogen-bond donors (Lipinski definition) is 1. The second-order valence-electron chi connectivity index (χ2n) is 5.09. The van der Waals surface area contributed by atoms with Crippen molar-refractivity contribution >= 4 is 22.9 Å². The van der Waals surface area contributed by atoms with Crippen molar-refractivity contribution in [2.45, 2.75) is 12.6 Å². The fraction of sp³-hybridized carbons (Fsp3) is 0.375. The molecule has 2 rings (SSSR count). The molecule has 3 nitrogen and oxygen atoms in total. The van der Waals surface area contributed by atoms with E-state index in [-0.39, 0.29) is 0 Å². The maximum atomic E-state index is 6.14. The summed E-state index contributed by atoms with van der Waals surface area (Å²) in [6, 6.07) is 10.6. The van der Waals surface area contributed by atoms with Gasteiger partial charge in [-0.05, 0) is 43.2 Å². The summed E-state index contributed by atoms with van der Waals surface area (Å²) < 4.78 is 5.17. The van der Waals surface area contributed by atoms with Gasteiger partial charge in [0.2, 0.25) is 0 Å². The van der Waals surface area contributed by atoms with Crippen molar-refractivity contribution < 1.29 is 4.74 Å². The standard InChI is InChI=1S/C16H21ClN2OS/c1-19(2)14(16-5-4-8-21-16)11-18-10-12-6-7-15(20-3)13(17)9-12/h4-9,14,18H,10-11H2,1-3H3. The van der Waals surface area contributed by atoms with Gasteiger partial charge in [-0.25, -0.2) is 0 Å². The molecule has 0 aliphatic rings. The number of rotatable bonds is 7. The normalized spacial score (nSPS) is 12.6. The van der Waals surface area contributed by atoms with E-state index in [1.54, 1.807) is 18.4 Å². The fourth-order valence-electron chi connectivity index (χ4n) is 2.19. The summed E-state index contributed by atoms with van der Waals surface area (Å²) in [5.41, 5.74) is 1.16.